The number of aromatic nitrogens is 2. The molecule has 0 saturated heterocycles. The molecule has 5 nitrogen and oxygen atoms in total. The van der Waals surface area contributed by atoms with E-state index in [9.17, 15) is 18.0 Å². The summed E-state index contributed by atoms with van der Waals surface area (Å²) in [4.78, 5) is 17.1. The standard InChI is InChI=1S/C23H19F3N4O/c1-14-21(27-2)29-20-12-11-19(13-30(14)20)28-22(31)17-5-3-15(4-6-17)16-7-9-18(10-8-16)23(24,25)26/h3-13,27H,1-2H3,(H,28,31). The second-order valence-electron chi connectivity index (χ2n) is 7.05. The smallest absolute Gasteiger partial charge is 0.372 e. The van der Waals surface area contributed by atoms with Gasteiger partial charge in [0.25, 0.3) is 5.91 Å². The summed E-state index contributed by atoms with van der Waals surface area (Å²) in [6.07, 6.45) is -2.57. The number of aryl methyl sites for hydroxylation is 1. The number of halogens is 3. The summed E-state index contributed by atoms with van der Waals surface area (Å²) in [7, 11) is 1.80. The monoisotopic (exact) mass is 424 g/mol. The lowest BCUT2D eigenvalue weighted by molar-refractivity contribution is -0.137. The predicted octanol–water partition coefficient (Wildman–Crippen LogP) is 5.62. The molecule has 0 aliphatic rings. The normalized spacial score (nSPS) is 11.5. The number of pyridine rings is 1. The highest BCUT2D eigenvalue weighted by Crippen LogP contribution is 2.31. The Bertz CT molecular complexity index is 1240. The molecule has 1 amide bonds. The van der Waals surface area contributed by atoms with Gasteiger partial charge in [-0.2, -0.15) is 13.2 Å². The van der Waals surface area contributed by atoms with Gasteiger partial charge >= 0.3 is 6.18 Å². The second kappa shape index (κ2) is 7.79. The maximum atomic E-state index is 12.7. The van der Waals surface area contributed by atoms with Gasteiger partial charge in [0, 0.05) is 18.8 Å². The second-order valence-corrected chi connectivity index (χ2v) is 7.05. The van der Waals surface area contributed by atoms with Gasteiger partial charge in [-0.05, 0) is 54.4 Å². The molecule has 2 N–H and O–H groups in total. The number of rotatable bonds is 4. The maximum Gasteiger partial charge on any atom is 0.416 e. The van der Waals surface area contributed by atoms with E-state index in [-0.39, 0.29) is 5.91 Å². The molecule has 0 spiro atoms. The number of carbonyl (C=O) groups is 1. The topological polar surface area (TPSA) is 58.4 Å². The predicted molar refractivity (Wildman–Crippen MR) is 114 cm³/mol. The molecule has 2 aromatic carbocycles. The fraction of sp³-hybridized carbons (Fsp3) is 0.130. The Hall–Kier alpha value is -3.81. The van der Waals surface area contributed by atoms with Gasteiger partial charge in [-0.15, -0.1) is 0 Å². The zero-order chi connectivity index (χ0) is 22.2. The Morgan fingerprint density at radius 3 is 2.13 bits per heavy atom. The lowest BCUT2D eigenvalue weighted by atomic mass is 10.0. The van der Waals surface area contributed by atoms with Crippen LogP contribution in [0, 0.1) is 6.92 Å². The molecule has 158 valence electrons. The van der Waals surface area contributed by atoms with Gasteiger partial charge in [0.15, 0.2) is 0 Å². The summed E-state index contributed by atoms with van der Waals surface area (Å²) in [6, 6.07) is 15.2. The fourth-order valence-corrected chi connectivity index (χ4v) is 3.34. The molecular formula is C23H19F3N4O. The molecule has 0 bridgehead atoms. The molecule has 31 heavy (non-hydrogen) atoms. The molecule has 2 heterocycles. The number of nitrogens with zero attached hydrogens (tertiary/aromatic N) is 2. The van der Waals surface area contributed by atoms with Crippen LogP contribution in [0.25, 0.3) is 16.8 Å². The number of hydrogen-bond donors (Lipinski definition) is 2. The van der Waals surface area contributed by atoms with Crippen LogP contribution in [0.3, 0.4) is 0 Å². The summed E-state index contributed by atoms with van der Waals surface area (Å²) >= 11 is 0. The van der Waals surface area contributed by atoms with Gasteiger partial charge in [0.05, 0.1) is 16.9 Å². The Labute approximate surface area is 176 Å². The molecule has 2 aromatic heterocycles. The first kappa shape index (κ1) is 20.5. The summed E-state index contributed by atoms with van der Waals surface area (Å²) < 4.78 is 40.0. The molecule has 0 fully saturated rings. The van der Waals surface area contributed by atoms with Crippen molar-refractivity contribution >= 4 is 23.1 Å². The van der Waals surface area contributed by atoms with Crippen molar-refractivity contribution in [1.29, 1.82) is 0 Å². The quantitative estimate of drug-likeness (QED) is 0.447. The Kier molecular flexibility index (Phi) is 5.14. The minimum Gasteiger partial charge on any atom is -0.372 e. The number of anilines is 2. The van der Waals surface area contributed by atoms with Crippen LogP contribution in [-0.2, 0) is 6.18 Å². The van der Waals surface area contributed by atoms with Gasteiger partial charge in [-0.1, -0.05) is 24.3 Å². The van der Waals surface area contributed by atoms with E-state index in [0.29, 0.717) is 16.8 Å². The van der Waals surface area contributed by atoms with Crippen LogP contribution in [0.4, 0.5) is 24.7 Å². The molecule has 8 heteroatoms. The van der Waals surface area contributed by atoms with Gasteiger partial charge in [-0.25, -0.2) is 4.98 Å². The van der Waals surface area contributed by atoms with Crippen LogP contribution < -0.4 is 10.6 Å². The maximum absolute atomic E-state index is 12.7. The van der Waals surface area contributed by atoms with Crippen LogP contribution in [-0.4, -0.2) is 22.3 Å². The number of nitrogens with one attached hydrogen (secondary N) is 2. The van der Waals surface area contributed by atoms with E-state index in [1.165, 1.54) is 12.1 Å². The van der Waals surface area contributed by atoms with Crippen molar-refractivity contribution in [2.45, 2.75) is 13.1 Å². The lowest BCUT2D eigenvalue weighted by Crippen LogP contribution is -2.12. The van der Waals surface area contributed by atoms with Crippen molar-refractivity contribution in [2.24, 2.45) is 0 Å². The fourth-order valence-electron chi connectivity index (χ4n) is 3.34. The van der Waals surface area contributed by atoms with Crippen molar-refractivity contribution in [3.8, 4) is 11.1 Å². The van der Waals surface area contributed by atoms with Crippen molar-refractivity contribution < 1.29 is 18.0 Å². The third kappa shape index (κ3) is 4.09. The minimum atomic E-state index is -4.37. The molecule has 4 aromatic rings. The Balaban J connectivity index is 1.51. The Morgan fingerprint density at radius 1 is 0.935 bits per heavy atom. The van der Waals surface area contributed by atoms with Crippen LogP contribution in [0.15, 0.2) is 66.9 Å². The molecule has 0 aliphatic heterocycles. The van der Waals surface area contributed by atoms with Crippen LogP contribution >= 0.6 is 0 Å². The first-order valence-electron chi connectivity index (χ1n) is 9.52. The minimum absolute atomic E-state index is 0.287. The zero-order valence-electron chi connectivity index (χ0n) is 16.8. The van der Waals surface area contributed by atoms with Crippen LogP contribution in [0.2, 0.25) is 0 Å². The van der Waals surface area contributed by atoms with Crippen molar-refractivity contribution in [3.63, 3.8) is 0 Å². The lowest BCUT2D eigenvalue weighted by Gasteiger charge is -2.09. The number of benzene rings is 2. The SMILES string of the molecule is CNc1nc2ccc(NC(=O)c3ccc(-c4ccc(C(F)(F)F)cc4)cc3)cn2c1C. The van der Waals surface area contributed by atoms with Crippen LogP contribution in [0.1, 0.15) is 21.6 Å². The third-order valence-corrected chi connectivity index (χ3v) is 5.04. The molecular weight excluding hydrogens is 405 g/mol. The summed E-state index contributed by atoms with van der Waals surface area (Å²) in [5.41, 5.74) is 3.41. The molecule has 0 atom stereocenters. The summed E-state index contributed by atoms with van der Waals surface area (Å²) in [5, 5.41) is 5.88. The number of hydrogen-bond acceptors (Lipinski definition) is 3. The van der Waals surface area contributed by atoms with E-state index in [4.69, 9.17) is 0 Å². The number of imidazole rings is 1. The number of fused-ring (bicyclic) bond motifs is 1. The number of alkyl halides is 3. The summed E-state index contributed by atoms with van der Waals surface area (Å²) in [5.74, 6) is 0.479. The van der Waals surface area contributed by atoms with E-state index in [2.05, 4.69) is 15.6 Å². The van der Waals surface area contributed by atoms with E-state index in [1.54, 1.807) is 43.6 Å². The van der Waals surface area contributed by atoms with E-state index in [0.717, 1.165) is 34.9 Å². The first-order valence-corrected chi connectivity index (χ1v) is 9.52. The zero-order valence-corrected chi connectivity index (χ0v) is 16.8. The number of carbonyl (C=O) groups excluding carboxylic acids is 1. The average molecular weight is 424 g/mol. The van der Waals surface area contributed by atoms with Crippen molar-refractivity contribution in [1.82, 2.24) is 9.38 Å². The molecule has 0 aliphatic carbocycles. The molecule has 0 unspecified atom stereocenters. The van der Waals surface area contributed by atoms with Gasteiger partial charge in [-0.3, -0.25) is 4.79 Å². The van der Waals surface area contributed by atoms with E-state index >= 15 is 0 Å². The number of amides is 1. The highest BCUT2D eigenvalue weighted by atomic mass is 19.4. The molecule has 0 radical (unpaired) electrons. The van der Waals surface area contributed by atoms with Crippen molar-refractivity contribution in [2.75, 3.05) is 17.7 Å². The molecule has 4 rings (SSSR count). The highest BCUT2D eigenvalue weighted by molar-refractivity contribution is 6.04. The van der Waals surface area contributed by atoms with Gasteiger partial charge < -0.3 is 15.0 Å². The highest BCUT2D eigenvalue weighted by Gasteiger charge is 2.29. The van der Waals surface area contributed by atoms with Crippen molar-refractivity contribution in [3.05, 3.63) is 83.7 Å². The largest absolute Gasteiger partial charge is 0.416 e. The van der Waals surface area contributed by atoms with E-state index < -0.39 is 11.7 Å². The van der Waals surface area contributed by atoms with Crippen LogP contribution in [0.5, 0.6) is 0 Å². The average Bonchev–Trinajstić information content (AvgIpc) is 3.08. The van der Waals surface area contributed by atoms with Gasteiger partial charge in [0.2, 0.25) is 0 Å². The summed E-state index contributed by atoms with van der Waals surface area (Å²) in [6.45, 7) is 1.93. The van der Waals surface area contributed by atoms with E-state index in [1.807, 2.05) is 17.4 Å². The Morgan fingerprint density at radius 2 is 1.55 bits per heavy atom. The molecule has 0 saturated carbocycles. The first-order chi connectivity index (χ1) is 14.8. The van der Waals surface area contributed by atoms with Gasteiger partial charge in [0.1, 0.15) is 11.5 Å². The third-order valence-electron chi connectivity index (χ3n) is 5.04.